The van der Waals surface area contributed by atoms with Crippen LogP contribution in [-0.4, -0.2) is 41.8 Å². The number of aromatic nitrogens is 2. The molecule has 0 unspecified atom stereocenters. The Labute approximate surface area is 120 Å². The Kier molecular flexibility index (Phi) is 7.52. The van der Waals surface area contributed by atoms with Crippen LogP contribution in [-0.2, 0) is 0 Å². The van der Waals surface area contributed by atoms with E-state index < -0.39 is 0 Å². The van der Waals surface area contributed by atoms with Gasteiger partial charge in [-0.3, -0.25) is 0 Å². The Morgan fingerprint density at radius 2 is 2.16 bits per heavy atom. The number of nitrogens with one attached hydrogen (secondary N) is 1. The van der Waals surface area contributed by atoms with E-state index >= 15 is 0 Å². The van der Waals surface area contributed by atoms with Gasteiger partial charge in [-0.05, 0) is 25.7 Å². The highest BCUT2D eigenvalue weighted by atomic mass is 35.5. The van der Waals surface area contributed by atoms with E-state index in [-0.39, 0.29) is 6.61 Å². The van der Waals surface area contributed by atoms with Crippen molar-refractivity contribution in [2.45, 2.75) is 32.6 Å². The Balaban J connectivity index is 2.58. The van der Waals surface area contributed by atoms with Crippen LogP contribution in [0.5, 0.6) is 0 Å². The molecule has 0 aliphatic rings. The molecular formula is C13H23ClN4O. The van der Waals surface area contributed by atoms with Gasteiger partial charge in [0.25, 0.3) is 0 Å². The van der Waals surface area contributed by atoms with Crippen LogP contribution >= 0.6 is 11.6 Å². The summed E-state index contributed by atoms with van der Waals surface area (Å²) in [4.78, 5) is 10.6. The number of aliphatic hydroxyl groups is 1. The van der Waals surface area contributed by atoms with Crippen molar-refractivity contribution in [2.24, 2.45) is 0 Å². The molecule has 108 valence electrons. The van der Waals surface area contributed by atoms with E-state index in [4.69, 9.17) is 16.7 Å². The summed E-state index contributed by atoms with van der Waals surface area (Å²) in [6, 6.07) is 0. The number of hydrogen-bond donors (Lipinski definition) is 2. The van der Waals surface area contributed by atoms with Gasteiger partial charge in [0.15, 0.2) is 5.82 Å². The number of aliphatic hydroxyl groups excluding tert-OH is 1. The van der Waals surface area contributed by atoms with E-state index in [9.17, 15) is 0 Å². The zero-order valence-electron chi connectivity index (χ0n) is 11.7. The van der Waals surface area contributed by atoms with Crippen molar-refractivity contribution in [1.82, 2.24) is 9.97 Å². The Bertz CT molecular complexity index is 376. The zero-order valence-corrected chi connectivity index (χ0v) is 12.4. The molecule has 0 fully saturated rings. The topological polar surface area (TPSA) is 61.3 Å². The smallest absolute Gasteiger partial charge is 0.224 e. The molecule has 5 nitrogen and oxygen atoms in total. The van der Waals surface area contributed by atoms with E-state index in [0.717, 1.165) is 44.6 Å². The lowest BCUT2D eigenvalue weighted by Crippen LogP contribution is -2.21. The molecule has 0 radical (unpaired) electrons. The Morgan fingerprint density at radius 3 is 2.84 bits per heavy atom. The molecule has 0 atom stereocenters. The van der Waals surface area contributed by atoms with Crippen molar-refractivity contribution in [3.8, 4) is 0 Å². The maximum absolute atomic E-state index is 8.75. The highest BCUT2D eigenvalue weighted by Gasteiger charge is 2.09. The summed E-state index contributed by atoms with van der Waals surface area (Å²) < 4.78 is 0. The molecule has 1 aromatic rings. The van der Waals surface area contributed by atoms with Crippen molar-refractivity contribution in [2.75, 3.05) is 37.0 Å². The first-order valence-corrected chi connectivity index (χ1v) is 7.15. The highest BCUT2D eigenvalue weighted by Crippen LogP contribution is 2.23. The van der Waals surface area contributed by atoms with Crippen LogP contribution in [0.15, 0.2) is 6.20 Å². The molecule has 6 heteroatoms. The molecular weight excluding hydrogens is 264 g/mol. The third-order valence-electron chi connectivity index (χ3n) is 2.77. The summed E-state index contributed by atoms with van der Waals surface area (Å²) in [5.74, 6) is 1.36. The average molecular weight is 287 g/mol. The lowest BCUT2D eigenvalue weighted by Gasteiger charge is -2.19. The van der Waals surface area contributed by atoms with Gasteiger partial charge in [-0.25, -0.2) is 4.98 Å². The van der Waals surface area contributed by atoms with Gasteiger partial charge in [-0.1, -0.05) is 18.5 Å². The number of nitrogens with zero attached hydrogens (tertiary/aromatic N) is 3. The predicted molar refractivity (Wildman–Crippen MR) is 80.0 cm³/mol. The second-order valence-electron chi connectivity index (χ2n) is 4.50. The van der Waals surface area contributed by atoms with Crippen LogP contribution in [0.4, 0.5) is 11.8 Å². The van der Waals surface area contributed by atoms with Crippen LogP contribution in [0, 0.1) is 0 Å². The van der Waals surface area contributed by atoms with Gasteiger partial charge >= 0.3 is 0 Å². The minimum atomic E-state index is 0.253. The van der Waals surface area contributed by atoms with Crippen LogP contribution in [0.3, 0.4) is 0 Å². The third kappa shape index (κ3) is 5.61. The first kappa shape index (κ1) is 16.0. The fourth-order valence-corrected chi connectivity index (χ4v) is 1.93. The molecule has 1 rings (SSSR count). The molecule has 0 aliphatic carbocycles. The molecule has 0 aliphatic heterocycles. The molecule has 0 amide bonds. The van der Waals surface area contributed by atoms with E-state index in [0.29, 0.717) is 11.0 Å². The van der Waals surface area contributed by atoms with Crippen molar-refractivity contribution in [3.05, 3.63) is 11.2 Å². The summed E-state index contributed by atoms with van der Waals surface area (Å²) >= 11 is 6.13. The molecule has 1 aromatic heterocycles. The van der Waals surface area contributed by atoms with Crippen molar-refractivity contribution >= 4 is 23.4 Å². The molecule has 0 bridgehead atoms. The van der Waals surface area contributed by atoms with Crippen LogP contribution in [0.25, 0.3) is 0 Å². The maximum atomic E-state index is 8.75. The molecule has 0 saturated carbocycles. The molecule has 19 heavy (non-hydrogen) atoms. The van der Waals surface area contributed by atoms with E-state index in [1.165, 1.54) is 0 Å². The number of anilines is 2. The second kappa shape index (κ2) is 8.93. The van der Waals surface area contributed by atoms with Crippen LogP contribution in [0.1, 0.15) is 32.6 Å². The lowest BCUT2D eigenvalue weighted by molar-refractivity contribution is 0.283. The number of rotatable bonds is 9. The quantitative estimate of drug-likeness (QED) is 0.683. The standard InChI is InChI=1S/C13H23ClN4O/c1-3-7-15-13-16-10-11(14)12(17-13)18(2)8-5-4-6-9-19/h10,19H,3-9H2,1-2H3,(H,15,16,17). The first-order valence-electron chi connectivity index (χ1n) is 6.77. The van der Waals surface area contributed by atoms with E-state index in [1.807, 2.05) is 11.9 Å². The van der Waals surface area contributed by atoms with Crippen molar-refractivity contribution < 1.29 is 5.11 Å². The number of unbranched alkanes of at least 4 members (excludes halogenated alkanes) is 2. The van der Waals surface area contributed by atoms with Gasteiger partial charge in [0.1, 0.15) is 5.02 Å². The molecule has 0 aromatic carbocycles. The van der Waals surface area contributed by atoms with E-state index in [2.05, 4.69) is 22.2 Å². The summed E-state index contributed by atoms with van der Waals surface area (Å²) in [6.45, 7) is 4.06. The van der Waals surface area contributed by atoms with Crippen LogP contribution < -0.4 is 10.2 Å². The number of halogens is 1. The fourth-order valence-electron chi connectivity index (χ4n) is 1.69. The van der Waals surface area contributed by atoms with E-state index in [1.54, 1.807) is 6.20 Å². The normalized spacial score (nSPS) is 10.5. The molecule has 0 spiro atoms. The van der Waals surface area contributed by atoms with Gasteiger partial charge in [0, 0.05) is 26.7 Å². The third-order valence-corrected chi connectivity index (χ3v) is 3.04. The second-order valence-corrected chi connectivity index (χ2v) is 4.90. The van der Waals surface area contributed by atoms with Gasteiger partial charge < -0.3 is 15.3 Å². The Morgan fingerprint density at radius 1 is 1.37 bits per heavy atom. The fraction of sp³-hybridized carbons (Fsp3) is 0.692. The summed E-state index contributed by atoms with van der Waals surface area (Å²) in [5, 5.41) is 12.5. The van der Waals surface area contributed by atoms with Crippen LogP contribution in [0.2, 0.25) is 5.02 Å². The number of hydrogen-bond acceptors (Lipinski definition) is 5. The van der Waals surface area contributed by atoms with Gasteiger partial charge in [-0.15, -0.1) is 0 Å². The summed E-state index contributed by atoms with van der Waals surface area (Å²) in [6.07, 6.45) is 5.51. The van der Waals surface area contributed by atoms with Gasteiger partial charge in [0.2, 0.25) is 5.95 Å². The Hall–Kier alpha value is -1.07. The predicted octanol–water partition coefficient (Wildman–Crippen LogP) is 2.55. The largest absolute Gasteiger partial charge is 0.396 e. The van der Waals surface area contributed by atoms with Gasteiger partial charge in [-0.2, -0.15) is 4.98 Å². The SMILES string of the molecule is CCCNc1ncc(Cl)c(N(C)CCCCCO)n1. The molecule has 2 N–H and O–H groups in total. The minimum absolute atomic E-state index is 0.253. The maximum Gasteiger partial charge on any atom is 0.224 e. The summed E-state index contributed by atoms with van der Waals surface area (Å²) in [7, 11) is 1.97. The zero-order chi connectivity index (χ0) is 14.1. The lowest BCUT2D eigenvalue weighted by atomic mass is 10.2. The van der Waals surface area contributed by atoms with Crippen molar-refractivity contribution in [1.29, 1.82) is 0 Å². The minimum Gasteiger partial charge on any atom is -0.396 e. The monoisotopic (exact) mass is 286 g/mol. The summed E-state index contributed by atoms with van der Waals surface area (Å²) in [5.41, 5.74) is 0. The highest BCUT2D eigenvalue weighted by molar-refractivity contribution is 6.32. The van der Waals surface area contributed by atoms with Gasteiger partial charge in [0.05, 0.1) is 6.20 Å². The molecule has 1 heterocycles. The first-order chi connectivity index (χ1) is 9.19. The average Bonchev–Trinajstić information content (AvgIpc) is 2.42. The molecule has 0 saturated heterocycles. The van der Waals surface area contributed by atoms with Crippen molar-refractivity contribution in [3.63, 3.8) is 0 Å².